The van der Waals surface area contributed by atoms with Crippen molar-refractivity contribution in [2.24, 2.45) is 29.6 Å². The fourth-order valence-electron chi connectivity index (χ4n) is 10.6. The number of amides is 4. The molecule has 3 aliphatic heterocycles. The molecule has 0 spiro atoms. The van der Waals surface area contributed by atoms with E-state index < -0.39 is 24.3 Å². The second kappa shape index (κ2) is 16.4. The van der Waals surface area contributed by atoms with Gasteiger partial charge in [0.05, 0.1) is 56.6 Å². The lowest BCUT2D eigenvalue weighted by atomic mass is 9.85. The first kappa shape index (κ1) is 41.5. The molecule has 5 fully saturated rings. The number of H-pyrrole nitrogens is 2. The Balaban J connectivity index is 0.885. The van der Waals surface area contributed by atoms with Gasteiger partial charge in [0.15, 0.2) is 0 Å². The normalized spacial score (nSPS) is 29.2. The zero-order valence-corrected chi connectivity index (χ0v) is 36.3. The van der Waals surface area contributed by atoms with E-state index in [1.807, 2.05) is 49.8 Å². The average molecular weight is 845 g/mol. The van der Waals surface area contributed by atoms with Crippen LogP contribution < -0.4 is 10.6 Å². The van der Waals surface area contributed by atoms with Crippen molar-refractivity contribution in [2.75, 3.05) is 14.2 Å². The van der Waals surface area contributed by atoms with Gasteiger partial charge in [-0.15, -0.1) is 0 Å². The van der Waals surface area contributed by atoms with Gasteiger partial charge in [0, 0.05) is 23.2 Å². The third-order valence-corrected chi connectivity index (χ3v) is 13.9. The topological polar surface area (TPSA) is 184 Å². The summed E-state index contributed by atoms with van der Waals surface area (Å²) in [5, 5.41) is 7.71. The number of aromatic amines is 2. The highest BCUT2D eigenvalue weighted by molar-refractivity contribution is 5.89. The summed E-state index contributed by atoms with van der Waals surface area (Å²) in [6.07, 6.45) is 6.20. The van der Waals surface area contributed by atoms with Crippen LogP contribution in [0.15, 0.2) is 48.8 Å². The molecule has 2 saturated carbocycles. The highest BCUT2D eigenvalue weighted by atomic mass is 16.5. The Bertz CT molecular complexity index is 2440. The van der Waals surface area contributed by atoms with Crippen LogP contribution in [0.4, 0.5) is 9.59 Å². The van der Waals surface area contributed by atoms with Crippen molar-refractivity contribution in [1.29, 1.82) is 0 Å². The molecule has 4 amide bonds. The molecular formula is C47H56N8O7. The number of carbonyl (C=O) groups excluding carboxylic acids is 4. The van der Waals surface area contributed by atoms with Gasteiger partial charge in [0.25, 0.3) is 0 Å². The molecule has 6 unspecified atom stereocenters. The van der Waals surface area contributed by atoms with Crippen molar-refractivity contribution in [1.82, 2.24) is 40.4 Å². The Hall–Kier alpha value is -5.88. The standard InChI is InChI=1S/C47H56N8O7/c1-23(2)39(52-46(58)60-6)44(56)55-38(20-34-26(5)41(34)55)43-49-22-35(51-43)30-12-11-28-16-27(8-10-29(28)17-30)9-13-33-21-48-42(50-33)37-19-31-18-36(31)54(37)45(57)40(53-47(59)61-7)32-14-24(3)62-25(4)15-32/h8,10-12,16-17,21-26,31-32,34,36-41H,14-15,18-20H2,1-7H3,(H,48,50)(H,49,51)(H,52,58)(H,53,59)/t24-,25+,26?,31-,32?,34?,36-,37+,38+,39?,40?,41?/m1/s1. The van der Waals surface area contributed by atoms with Crippen LogP contribution in [-0.4, -0.2) is 104 Å². The number of carbonyl (C=O) groups is 4. The van der Waals surface area contributed by atoms with Gasteiger partial charge in [-0.3, -0.25) is 9.59 Å². The lowest BCUT2D eigenvalue weighted by molar-refractivity contribution is -0.140. The molecule has 62 heavy (non-hydrogen) atoms. The Labute approximate surface area is 361 Å². The van der Waals surface area contributed by atoms with Crippen molar-refractivity contribution in [2.45, 2.75) is 115 Å². The smallest absolute Gasteiger partial charge is 0.407 e. The Morgan fingerprint density at radius 1 is 0.790 bits per heavy atom. The number of benzene rings is 2. The Morgan fingerprint density at radius 3 is 2.21 bits per heavy atom. The first-order valence-corrected chi connectivity index (χ1v) is 22.0. The molecule has 15 nitrogen and oxygen atoms in total. The molecule has 326 valence electrons. The molecule has 4 aromatic rings. The Morgan fingerprint density at radius 2 is 1.47 bits per heavy atom. The van der Waals surface area contributed by atoms with Gasteiger partial charge < -0.3 is 44.6 Å². The van der Waals surface area contributed by atoms with Crippen molar-refractivity contribution in [3.8, 4) is 23.1 Å². The summed E-state index contributed by atoms with van der Waals surface area (Å²) in [5.41, 5.74) is 3.34. The maximum Gasteiger partial charge on any atom is 0.407 e. The molecular weight excluding hydrogens is 789 g/mol. The maximum atomic E-state index is 14.4. The van der Waals surface area contributed by atoms with Crippen LogP contribution in [-0.2, 0) is 23.8 Å². The number of aromatic nitrogens is 4. The molecule has 3 saturated heterocycles. The molecule has 0 bridgehead atoms. The largest absolute Gasteiger partial charge is 0.453 e. The number of rotatable bonds is 9. The highest BCUT2D eigenvalue weighted by Crippen LogP contribution is 2.58. The highest BCUT2D eigenvalue weighted by Gasteiger charge is 2.62. The fraction of sp³-hybridized carbons (Fsp3) is 0.532. The van der Waals surface area contributed by atoms with Gasteiger partial charge in [-0.1, -0.05) is 44.9 Å². The molecule has 15 heteroatoms. The second-order valence-electron chi connectivity index (χ2n) is 18.4. The summed E-state index contributed by atoms with van der Waals surface area (Å²) < 4.78 is 15.7. The zero-order valence-electron chi connectivity index (χ0n) is 36.3. The summed E-state index contributed by atoms with van der Waals surface area (Å²) in [7, 11) is 2.62. The number of likely N-dealkylation sites (tertiary alicyclic amines) is 2. The van der Waals surface area contributed by atoms with Crippen LogP contribution in [0.5, 0.6) is 0 Å². The predicted molar refractivity (Wildman–Crippen MR) is 229 cm³/mol. The summed E-state index contributed by atoms with van der Waals surface area (Å²) in [6.45, 7) is 10.0. The summed E-state index contributed by atoms with van der Waals surface area (Å²) in [4.78, 5) is 73.2. The van der Waals surface area contributed by atoms with Crippen molar-refractivity contribution in [3.63, 3.8) is 0 Å². The lowest BCUT2D eigenvalue weighted by Gasteiger charge is -2.38. The third kappa shape index (κ3) is 7.89. The van der Waals surface area contributed by atoms with Crippen molar-refractivity contribution >= 4 is 34.8 Å². The van der Waals surface area contributed by atoms with Crippen LogP contribution in [0.3, 0.4) is 0 Å². The van der Waals surface area contributed by atoms with Gasteiger partial charge >= 0.3 is 12.2 Å². The number of methoxy groups -OCH3 is 2. The summed E-state index contributed by atoms with van der Waals surface area (Å²) in [5.74, 6) is 8.78. The van der Waals surface area contributed by atoms with E-state index in [0.717, 1.165) is 52.7 Å². The molecule has 4 N–H and O–H groups in total. The van der Waals surface area contributed by atoms with Crippen molar-refractivity contribution < 1.29 is 33.4 Å². The zero-order chi connectivity index (χ0) is 43.6. The molecule has 2 aliphatic carbocycles. The van der Waals surface area contributed by atoms with E-state index in [1.165, 1.54) is 14.2 Å². The monoisotopic (exact) mass is 844 g/mol. The number of hydrogen-bond acceptors (Lipinski definition) is 9. The molecule has 5 heterocycles. The number of fused-ring (bicyclic) bond motifs is 3. The number of alkyl carbamates (subject to hydrolysis) is 2. The number of nitrogens with one attached hydrogen (secondary N) is 4. The molecule has 12 atom stereocenters. The van der Waals surface area contributed by atoms with E-state index in [0.29, 0.717) is 42.1 Å². The van der Waals surface area contributed by atoms with Gasteiger partial charge in [-0.25, -0.2) is 19.6 Å². The molecule has 2 aromatic heterocycles. The van der Waals surface area contributed by atoms with E-state index in [2.05, 4.69) is 69.7 Å². The third-order valence-electron chi connectivity index (χ3n) is 13.9. The minimum atomic E-state index is -0.718. The number of imidazole rings is 2. The second-order valence-corrected chi connectivity index (χ2v) is 18.4. The maximum absolute atomic E-state index is 14.4. The molecule has 0 radical (unpaired) electrons. The minimum absolute atomic E-state index is 0.0172. The van der Waals surface area contributed by atoms with Gasteiger partial charge in [0.1, 0.15) is 29.4 Å². The van der Waals surface area contributed by atoms with Crippen LogP contribution >= 0.6 is 0 Å². The number of ether oxygens (including phenoxy) is 3. The van der Waals surface area contributed by atoms with E-state index in [9.17, 15) is 19.2 Å². The summed E-state index contributed by atoms with van der Waals surface area (Å²) >= 11 is 0. The van der Waals surface area contributed by atoms with Gasteiger partial charge in [-0.05, 0) is 110 Å². The van der Waals surface area contributed by atoms with Gasteiger partial charge in [0.2, 0.25) is 11.8 Å². The van der Waals surface area contributed by atoms with Crippen LogP contribution in [0.1, 0.15) is 102 Å². The quantitative estimate of drug-likeness (QED) is 0.142. The number of nitrogens with zero attached hydrogens (tertiary/aromatic N) is 4. The van der Waals surface area contributed by atoms with Crippen LogP contribution in [0.2, 0.25) is 0 Å². The van der Waals surface area contributed by atoms with Crippen LogP contribution in [0.25, 0.3) is 22.0 Å². The van der Waals surface area contributed by atoms with Crippen LogP contribution in [0, 0.1) is 41.4 Å². The minimum Gasteiger partial charge on any atom is -0.453 e. The Kier molecular flexibility index (Phi) is 11.0. The fourth-order valence-corrected chi connectivity index (χ4v) is 10.6. The predicted octanol–water partition coefficient (Wildman–Crippen LogP) is 6.23. The number of hydrogen-bond donors (Lipinski definition) is 4. The van der Waals surface area contributed by atoms with Crippen molar-refractivity contribution in [3.05, 3.63) is 71.7 Å². The SMILES string of the molecule is COC(=O)NC(C(=O)N1C2C(C)C2C[C@H]1c1ncc(-c2ccc3cc(C#Cc4cnc([C@@H]5C[C@H]6C[C@H]6N5C(=O)C(NC(=O)OC)C5C[C@@H](C)O[C@@H](C)C5)[nH]4)ccc3c2)[nH]1)C(C)C. The molecule has 2 aromatic carbocycles. The lowest BCUT2D eigenvalue weighted by Crippen LogP contribution is -2.55. The summed E-state index contributed by atoms with van der Waals surface area (Å²) in [6, 6.07) is 10.7. The van der Waals surface area contributed by atoms with E-state index in [4.69, 9.17) is 24.2 Å². The molecule has 9 rings (SSSR count). The van der Waals surface area contributed by atoms with E-state index in [1.54, 1.807) is 6.20 Å². The molecule has 5 aliphatic rings. The first-order valence-electron chi connectivity index (χ1n) is 22.0. The van der Waals surface area contributed by atoms with E-state index in [-0.39, 0.29) is 60.0 Å². The van der Waals surface area contributed by atoms with Gasteiger partial charge in [-0.2, -0.15) is 0 Å². The van der Waals surface area contributed by atoms with E-state index >= 15 is 0 Å². The first-order chi connectivity index (χ1) is 29.8. The number of piperidine rings is 2. The average Bonchev–Trinajstić information content (AvgIpc) is 3.73.